The van der Waals surface area contributed by atoms with Crippen molar-refractivity contribution in [3.05, 3.63) is 103 Å². The molecule has 0 aliphatic rings. The fourth-order valence-electron chi connectivity index (χ4n) is 3.60. The van der Waals surface area contributed by atoms with Gasteiger partial charge in [-0.1, -0.05) is 17.8 Å². The molecule has 0 saturated carbocycles. The first-order chi connectivity index (χ1) is 18.3. The number of hydrogen-bond donors (Lipinski definition) is 3. The molecule has 0 bridgehead atoms. The lowest BCUT2D eigenvalue weighted by molar-refractivity contribution is -0.137. The van der Waals surface area contributed by atoms with Crippen molar-refractivity contribution < 1.29 is 23.1 Å². The smallest absolute Gasteiger partial charge is 0.416 e. The van der Waals surface area contributed by atoms with Crippen LogP contribution >= 0.6 is 11.8 Å². The largest absolute Gasteiger partial charge is 0.508 e. The highest BCUT2D eigenvalue weighted by Gasteiger charge is 2.30. The van der Waals surface area contributed by atoms with Crippen molar-refractivity contribution in [2.45, 2.75) is 16.0 Å². The third kappa shape index (κ3) is 5.68. The Kier molecular flexibility index (Phi) is 6.84. The summed E-state index contributed by atoms with van der Waals surface area (Å²) in [5.74, 6) is 0.0168. The molecule has 0 radical (unpaired) electrons. The summed E-state index contributed by atoms with van der Waals surface area (Å²) in [7, 11) is 0. The van der Waals surface area contributed by atoms with E-state index in [0.29, 0.717) is 22.5 Å². The summed E-state index contributed by atoms with van der Waals surface area (Å²) >= 11 is 1.39. The number of halogens is 3. The van der Waals surface area contributed by atoms with Crippen LogP contribution in [0.4, 0.5) is 30.4 Å². The van der Waals surface area contributed by atoms with Crippen molar-refractivity contribution in [2.75, 3.05) is 10.6 Å². The maximum atomic E-state index is 13.1. The average Bonchev–Trinajstić information content (AvgIpc) is 2.91. The van der Waals surface area contributed by atoms with E-state index in [4.69, 9.17) is 0 Å². The third-order valence-corrected chi connectivity index (χ3v) is 6.50. The first kappa shape index (κ1) is 25.0. The van der Waals surface area contributed by atoms with Crippen molar-refractivity contribution in [3.63, 3.8) is 0 Å². The number of amides is 1. The molecule has 7 nitrogen and oxygen atoms in total. The third-order valence-electron chi connectivity index (χ3n) is 5.42. The molecule has 5 aromatic rings. The van der Waals surface area contributed by atoms with E-state index in [0.717, 1.165) is 21.9 Å². The van der Waals surface area contributed by atoms with Gasteiger partial charge in [0.2, 0.25) is 0 Å². The summed E-state index contributed by atoms with van der Waals surface area (Å²) < 4.78 is 39.3. The Morgan fingerprint density at radius 1 is 0.895 bits per heavy atom. The fraction of sp³-hybridized carbons (Fsp3) is 0.0370. The molecule has 2 heterocycles. The van der Waals surface area contributed by atoms with E-state index in [-0.39, 0.29) is 17.0 Å². The summed E-state index contributed by atoms with van der Waals surface area (Å²) in [6.45, 7) is 0. The van der Waals surface area contributed by atoms with Gasteiger partial charge in [0.25, 0.3) is 5.91 Å². The van der Waals surface area contributed by atoms with Crippen LogP contribution in [0.2, 0.25) is 0 Å². The molecule has 3 aromatic carbocycles. The van der Waals surface area contributed by atoms with Crippen molar-refractivity contribution in [2.24, 2.45) is 0 Å². The van der Waals surface area contributed by atoms with Crippen molar-refractivity contribution in [1.29, 1.82) is 0 Å². The number of aromatic nitrogens is 3. The zero-order valence-corrected chi connectivity index (χ0v) is 20.2. The summed E-state index contributed by atoms with van der Waals surface area (Å²) in [5.41, 5.74) is 0.397. The highest BCUT2D eigenvalue weighted by atomic mass is 32.2. The fourth-order valence-corrected chi connectivity index (χ4v) is 4.48. The lowest BCUT2D eigenvalue weighted by Gasteiger charge is -2.15. The van der Waals surface area contributed by atoms with E-state index in [1.54, 1.807) is 54.7 Å². The van der Waals surface area contributed by atoms with E-state index in [1.807, 2.05) is 6.07 Å². The van der Waals surface area contributed by atoms with Gasteiger partial charge in [0.05, 0.1) is 16.6 Å². The number of phenols is 1. The number of nitrogens with zero attached hydrogens (tertiary/aromatic N) is 3. The van der Waals surface area contributed by atoms with E-state index >= 15 is 0 Å². The standard InChI is InChI=1S/C27H18F3N5O2S/c28-27(29,30)17-3-1-4-18(14-17)34-26(37)16-6-11-23(38-20-9-7-19(36)8-10-20)22(13-16)35-25-21-5-2-12-31-24(21)32-15-33-25/h1-15,36H,(H,34,37)(H,31,32,33,35). The molecule has 0 unspecified atom stereocenters. The van der Waals surface area contributed by atoms with Gasteiger partial charge in [0, 0.05) is 27.2 Å². The SMILES string of the molecule is O=C(Nc1cccc(C(F)(F)F)c1)c1ccc(Sc2ccc(O)cc2)c(Nc2ncnc3ncccc23)c1. The molecule has 0 fully saturated rings. The summed E-state index contributed by atoms with van der Waals surface area (Å²) in [6.07, 6.45) is -1.54. The molecule has 1 amide bonds. The monoisotopic (exact) mass is 533 g/mol. The molecule has 0 atom stereocenters. The minimum atomic E-state index is -4.53. The number of pyridine rings is 1. The topological polar surface area (TPSA) is 100 Å². The van der Waals surface area contributed by atoms with E-state index in [1.165, 1.54) is 30.2 Å². The average molecular weight is 534 g/mol. The van der Waals surface area contributed by atoms with Crippen LogP contribution in [-0.2, 0) is 6.18 Å². The number of phenolic OH excluding ortho intramolecular Hbond substituents is 1. The van der Waals surface area contributed by atoms with Crippen LogP contribution in [0.5, 0.6) is 5.75 Å². The Bertz CT molecular complexity index is 1620. The van der Waals surface area contributed by atoms with Crippen LogP contribution < -0.4 is 10.6 Å². The number of carbonyl (C=O) groups is 1. The molecule has 3 N–H and O–H groups in total. The summed E-state index contributed by atoms with van der Waals surface area (Å²) in [5, 5.41) is 16.0. The number of rotatable bonds is 6. The van der Waals surface area contributed by atoms with Crippen LogP contribution in [0, 0.1) is 0 Å². The highest BCUT2D eigenvalue weighted by Crippen LogP contribution is 2.37. The Hall–Kier alpha value is -4.64. The molecular formula is C27H18F3N5O2S. The number of benzene rings is 3. The second kappa shape index (κ2) is 10.4. The molecule has 190 valence electrons. The van der Waals surface area contributed by atoms with Gasteiger partial charge < -0.3 is 15.7 Å². The first-order valence-electron chi connectivity index (χ1n) is 11.2. The number of hydrogen-bond acceptors (Lipinski definition) is 7. The van der Waals surface area contributed by atoms with Gasteiger partial charge in [-0.15, -0.1) is 0 Å². The number of anilines is 3. The summed E-state index contributed by atoms with van der Waals surface area (Å²) in [4.78, 5) is 27.3. The normalized spacial score (nSPS) is 11.3. The molecule has 0 spiro atoms. The van der Waals surface area contributed by atoms with Crippen molar-refractivity contribution in [3.8, 4) is 5.75 Å². The number of fused-ring (bicyclic) bond motifs is 1. The Morgan fingerprint density at radius 2 is 1.71 bits per heavy atom. The Balaban J connectivity index is 1.49. The van der Waals surface area contributed by atoms with Gasteiger partial charge in [-0.3, -0.25) is 4.79 Å². The lowest BCUT2D eigenvalue weighted by atomic mass is 10.1. The van der Waals surface area contributed by atoms with Gasteiger partial charge in [-0.25, -0.2) is 15.0 Å². The zero-order valence-electron chi connectivity index (χ0n) is 19.4. The molecule has 5 rings (SSSR count). The molecular weight excluding hydrogens is 515 g/mol. The van der Waals surface area contributed by atoms with E-state index < -0.39 is 17.6 Å². The molecule has 0 saturated heterocycles. The number of aromatic hydroxyl groups is 1. The Morgan fingerprint density at radius 3 is 2.50 bits per heavy atom. The van der Waals surface area contributed by atoms with E-state index in [2.05, 4.69) is 25.6 Å². The highest BCUT2D eigenvalue weighted by molar-refractivity contribution is 7.99. The van der Waals surface area contributed by atoms with Crippen molar-refractivity contribution in [1.82, 2.24) is 15.0 Å². The molecule has 2 aromatic heterocycles. The quantitative estimate of drug-likeness (QED) is 0.218. The van der Waals surface area contributed by atoms with Gasteiger partial charge in [0.15, 0.2) is 5.65 Å². The predicted octanol–water partition coefficient (Wildman–Crippen LogP) is 6.90. The predicted molar refractivity (Wildman–Crippen MR) is 139 cm³/mol. The number of carbonyl (C=O) groups excluding carboxylic acids is 1. The number of alkyl halides is 3. The van der Waals surface area contributed by atoms with Crippen LogP contribution in [-0.4, -0.2) is 26.0 Å². The van der Waals surface area contributed by atoms with Gasteiger partial charge in [-0.2, -0.15) is 13.2 Å². The zero-order chi connectivity index (χ0) is 26.7. The van der Waals surface area contributed by atoms with Gasteiger partial charge >= 0.3 is 6.18 Å². The maximum Gasteiger partial charge on any atom is 0.416 e. The van der Waals surface area contributed by atoms with E-state index in [9.17, 15) is 23.1 Å². The van der Waals surface area contributed by atoms with Crippen molar-refractivity contribution >= 4 is 45.9 Å². The molecule has 0 aliphatic heterocycles. The maximum absolute atomic E-state index is 13.1. The van der Waals surface area contributed by atoms with Gasteiger partial charge in [-0.05, 0) is 72.8 Å². The second-order valence-electron chi connectivity index (χ2n) is 8.06. The van der Waals surface area contributed by atoms with Crippen LogP contribution in [0.15, 0.2) is 101 Å². The molecule has 0 aliphatic carbocycles. The Labute approximate surface area is 218 Å². The molecule has 11 heteroatoms. The minimum Gasteiger partial charge on any atom is -0.508 e. The van der Waals surface area contributed by atoms with Gasteiger partial charge in [0.1, 0.15) is 17.9 Å². The number of nitrogens with one attached hydrogen (secondary N) is 2. The minimum absolute atomic E-state index is 0.0229. The van der Waals surface area contributed by atoms with Crippen LogP contribution in [0.1, 0.15) is 15.9 Å². The second-order valence-corrected chi connectivity index (χ2v) is 9.18. The van der Waals surface area contributed by atoms with Crippen LogP contribution in [0.3, 0.4) is 0 Å². The lowest BCUT2D eigenvalue weighted by Crippen LogP contribution is -2.13. The first-order valence-corrected chi connectivity index (χ1v) is 12.0. The van der Waals surface area contributed by atoms with Crippen LogP contribution in [0.25, 0.3) is 11.0 Å². The molecule has 38 heavy (non-hydrogen) atoms. The summed E-state index contributed by atoms with van der Waals surface area (Å²) in [6, 6.07) is 19.5.